The molecular weight excluding hydrogens is 190 g/mol. The lowest BCUT2D eigenvalue weighted by Gasteiger charge is -2.04. The molecular formula is C11H13N3O. The summed E-state index contributed by atoms with van der Waals surface area (Å²) in [6.45, 7) is 0. The summed E-state index contributed by atoms with van der Waals surface area (Å²) in [6, 6.07) is 3.68. The molecule has 0 N–H and O–H groups in total. The second-order valence-corrected chi connectivity index (χ2v) is 3.45. The maximum absolute atomic E-state index is 11.6. The summed E-state index contributed by atoms with van der Waals surface area (Å²) in [5, 5.41) is 8.88. The molecule has 0 bridgehead atoms. The van der Waals surface area contributed by atoms with Gasteiger partial charge >= 0.3 is 0 Å². The molecule has 0 aliphatic rings. The molecule has 0 aliphatic carbocycles. The van der Waals surface area contributed by atoms with E-state index in [1.807, 2.05) is 25.1 Å². The van der Waals surface area contributed by atoms with Crippen molar-refractivity contribution in [2.24, 2.45) is 7.05 Å². The van der Waals surface area contributed by atoms with Gasteiger partial charge in [-0.15, -0.1) is 0 Å². The first-order chi connectivity index (χ1) is 7.06. The summed E-state index contributed by atoms with van der Waals surface area (Å²) < 4.78 is 1.39. The number of hydrogen-bond acceptors (Lipinski definition) is 3. The normalized spacial score (nSPS) is 10.3. The highest BCUT2D eigenvalue weighted by Crippen LogP contribution is 2.04. The van der Waals surface area contributed by atoms with E-state index in [1.54, 1.807) is 31.6 Å². The highest BCUT2D eigenvalue weighted by Gasteiger charge is 2.04. The smallest absolute Gasteiger partial charge is 0.268 e. The first-order valence-electron chi connectivity index (χ1n) is 4.50. The molecule has 0 saturated heterocycles. The van der Waals surface area contributed by atoms with Gasteiger partial charge in [0, 0.05) is 32.9 Å². The molecule has 4 heteroatoms. The summed E-state index contributed by atoms with van der Waals surface area (Å²) >= 11 is 0. The minimum atomic E-state index is -0.265. The van der Waals surface area contributed by atoms with Crippen molar-refractivity contribution in [2.75, 3.05) is 14.1 Å². The minimum Gasteiger partial charge on any atom is -0.383 e. The molecule has 0 radical (unpaired) electrons. The van der Waals surface area contributed by atoms with Gasteiger partial charge in [-0.05, 0) is 18.3 Å². The summed E-state index contributed by atoms with van der Waals surface area (Å²) in [7, 11) is 5.38. The number of nitriles is 1. The standard InChI is InChI=1S/C11H13N3O/c1-13(2)6-4-9-5-7-14(3)11(15)10(9)8-12/h4-7H,1-3H3/b6-4+. The lowest BCUT2D eigenvalue weighted by molar-refractivity contribution is 0.567. The number of aryl methyl sites for hydroxylation is 1. The van der Waals surface area contributed by atoms with E-state index >= 15 is 0 Å². The highest BCUT2D eigenvalue weighted by atomic mass is 16.1. The zero-order valence-electron chi connectivity index (χ0n) is 9.06. The van der Waals surface area contributed by atoms with E-state index in [0.717, 1.165) is 0 Å². The number of hydrogen-bond donors (Lipinski definition) is 0. The van der Waals surface area contributed by atoms with Gasteiger partial charge in [-0.3, -0.25) is 4.79 Å². The molecule has 0 aliphatic heterocycles. The van der Waals surface area contributed by atoms with Crippen molar-refractivity contribution in [2.45, 2.75) is 0 Å². The maximum atomic E-state index is 11.6. The fourth-order valence-corrected chi connectivity index (χ4v) is 1.12. The van der Waals surface area contributed by atoms with Crippen LogP contribution in [0.15, 0.2) is 23.3 Å². The third-order valence-corrected chi connectivity index (χ3v) is 1.96. The molecule has 78 valence electrons. The lowest BCUT2D eigenvalue weighted by atomic mass is 10.1. The van der Waals surface area contributed by atoms with Gasteiger partial charge in [-0.1, -0.05) is 0 Å². The van der Waals surface area contributed by atoms with Gasteiger partial charge < -0.3 is 9.47 Å². The average Bonchev–Trinajstić information content (AvgIpc) is 2.19. The van der Waals surface area contributed by atoms with Crippen LogP contribution in [-0.2, 0) is 7.05 Å². The van der Waals surface area contributed by atoms with Crippen molar-refractivity contribution < 1.29 is 0 Å². The van der Waals surface area contributed by atoms with Crippen LogP contribution in [0.4, 0.5) is 0 Å². The van der Waals surface area contributed by atoms with Gasteiger partial charge in [-0.2, -0.15) is 5.26 Å². The van der Waals surface area contributed by atoms with Crippen LogP contribution in [0, 0.1) is 11.3 Å². The van der Waals surface area contributed by atoms with Crippen LogP contribution in [0.1, 0.15) is 11.1 Å². The van der Waals surface area contributed by atoms with Crippen LogP contribution in [-0.4, -0.2) is 23.6 Å². The van der Waals surface area contributed by atoms with E-state index in [1.165, 1.54) is 4.57 Å². The van der Waals surface area contributed by atoms with Crippen LogP contribution in [0.25, 0.3) is 6.08 Å². The van der Waals surface area contributed by atoms with Crippen LogP contribution in [0.5, 0.6) is 0 Å². The van der Waals surface area contributed by atoms with Crippen LogP contribution in [0.2, 0.25) is 0 Å². The molecule has 1 heterocycles. The fraction of sp³-hybridized carbons (Fsp3) is 0.273. The van der Waals surface area contributed by atoms with Crippen LogP contribution >= 0.6 is 0 Å². The van der Waals surface area contributed by atoms with Crippen molar-refractivity contribution in [3.05, 3.63) is 39.9 Å². The Labute approximate surface area is 88.7 Å². The highest BCUT2D eigenvalue weighted by molar-refractivity contribution is 5.56. The van der Waals surface area contributed by atoms with Crippen molar-refractivity contribution >= 4 is 6.08 Å². The van der Waals surface area contributed by atoms with E-state index in [2.05, 4.69) is 0 Å². The molecule has 0 amide bonds. The van der Waals surface area contributed by atoms with Gasteiger partial charge in [-0.25, -0.2) is 0 Å². The Hall–Kier alpha value is -2.02. The molecule has 0 atom stereocenters. The summed E-state index contributed by atoms with van der Waals surface area (Å²) in [4.78, 5) is 13.4. The van der Waals surface area contributed by atoms with Crippen molar-refractivity contribution in [3.8, 4) is 6.07 Å². The zero-order valence-corrected chi connectivity index (χ0v) is 9.06. The second kappa shape index (κ2) is 4.47. The zero-order chi connectivity index (χ0) is 11.4. The molecule has 0 saturated carbocycles. The van der Waals surface area contributed by atoms with Gasteiger partial charge in [0.15, 0.2) is 0 Å². The van der Waals surface area contributed by atoms with Crippen molar-refractivity contribution in [1.29, 1.82) is 5.26 Å². The molecule has 1 rings (SSSR count). The molecule has 4 nitrogen and oxygen atoms in total. The molecule has 1 aromatic heterocycles. The third-order valence-electron chi connectivity index (χ3n) is 1.96. The number of rotatable bonds is 2. The Kier molecular flexibility index (Phi) is 3.29. The lowest BCUT2D eigenvalue weighted by Crippen LogP contribution is -2.19. The SMILES string of the molecule is CN(C)/C=C/c1ccn(C)c(=O)c1C#N. The number of aromatic nitrogens is 1. The van der Waals surface area contributed by atoms with E-state index in [9.17, 15) is 4.79 Å². The largest absolute Gasteiger partial charge is 0.383 e. The summed E-state index contributed by atoms with van der Waals surface area (Å²) in [6.07, 6.45) is 5.20. The maximum Gasteiger partial charge on any atom is 0.268 e. The Balaban J connectivity index is 3.27. The Morgan fingerprint density at radius 3 is 2.73 bits per heavy atom. The predicted molar refractivity (Wildman–Crippen MR) is 59.1 cm³/mol. The van der Waals surface area contributed by atoms with Gasteiger partial charge in [0.1, 0.15) is 11.6 Å². The van der Waals surface area contributed by atoms with E-state index in [0.29, 0.717) is 5.56 Å². The molecule has 0 unspecified atom stereocenters. The predicted octanol–water partition coefficient (Wildman–Crippen LogP) is 0.789. The molecule has 0 aromatic carbocycles. The van der Waals surface area contributed by atoms with Gasteiger partial charge in [0.05, 0.1) is 0 Å². The van der Waals surface area contributed by atoms with E-state index in [-0.39, 0.29) is 11.1 Å². The monoisotopic (exact) mass is 203 g/mol. The quantitative estimate of drug-likeness (QED) is 0.714. The van der Waals surface area contributed by atoms with Crippen LogP contribution < -0.4 is 5.56 Å². The van der Waals surface area contributed by atoms with E-state index < -0.39 is 0 Å². The summed E-state index contributed by atoms with van der Waals surface area (Å²) in [5.74, 6) is 0. The first kappa shape index (κ1) is 11.1. The average molecular weight is 203 g/mol. The molecule has 0 fully saturated rings. The fourth-order valence-electron chi connectivity index (χ4n) is 1.12. The Morgan fingerprint density at radius 2 is 2.20 bits per heavy atom. The topological polar surface area (TPSA) is 49.0 Å². The van der Waals surface area contributed by atoms with Crippen molar-refractivity contribution in [1.82, 2.24) is 9.47 Å². The number of pyridine rings is 1. The first-order valence-corrected chi connectivity index (χ1v) is 4.50. The van der Waals surface area contributed by atoms with Gasteiger partial charge in [0.25, 0.3) is 5.56 Å². The van der Waals surface area contributed by atoms with Crippen molar-refractivity contribution in [3.63, 3.8) is 0 Å². The molecule has 15 heavy (non-hydrogen) atoms. The third kappa shape index (κ3) is 2.47. The molecule has 1 aromatic rings. The van der Waals surface area contributed by atoms with E-state index in [4.69, 9.17) is 5.26 Å². The minimum absolute atomic E-state index is 0.179. The summed E-state index contributed by atoms with van der Waals surface area (Å²) in [5.41, 5.74) is 0.561. The van der Waals surface area contributed by atoms with Gasteiger partial charge in [0.2, 0.25) is 0 Å². The molecule has 0 spiro atoms. The number of nitrogens with zero attached hydrogens (tertiary/aromatic N) is 3. The Bertz CT molecular complexity index is 478. The van der Waals surface area contributed by atoms with Crippen LogP contribution in [0.3, 0.4) is 0 Å². The Morgan fingerprint density at radius 1 is 1.53 bits per heavy atom. The second-order valence-electron chi connectivity index (χ2n) is 3.45.